The van der Waals surface area contributed by atoms with E-state index < -0.39 is 16.0 Å². The Kier molecular flexibility index (Phi) is 7.69. The molecule has 0 radical (unpaired) electrons. The molecule has 0 aliphatic carbocycles. The first kappa shape index (κ1) is 23.2. The monoisotopic (exact) mass is 464 g/mol. The van der Waals surface area contributed by atoms with E-state index in [0.29, 0.717) is 54.4 Å². The number of ether oxygens (including phenoxy) is 1. The summed E-state index contributed by atoms with van der Waals surface area (Å²) >= 11 is 5.94. The second-order valence-corrected chi connectivity index (χ2v) is 9.75. The first-order valence-corrected chi connectivity index (χ1v) is 12.1. The van der Waals surface area contributed by atoms with Crippen LogP contribution in [-0.2, 0) is 25.3 Å². The van der Waals surface area contributed by atoms with E-state index >= 15 is 0 Å². The lowest BCUT2D eigenvalue weighted by molar-refractivity contribution is -0.120. The van der Waals surface area contributed by atoms with Crippen LogP contribution in [0.25, 0.3) is 0 Å². The molecule has 0 spiro atoms. The topological polar surface area (TPSA) is 92.8 Å². The molecule has 0 bridgehead atoms. The molecular weight excluding hydrogens is 440 g/mol. The van der Waals surface area contributed by atoms with Crippen molar-refractivity contribution in [1.82, 2.24) is 4.31 Å². The fraction of sp³-hybridized carbons (Fsp3) is 0.364. The minimum atomic E-state index is -3.48. The van der Waals surface area contributed by atoms with Gasteiger partial charge in [-0.05, 0) is 61.7 Å². The van der Waals surface area contributed by atoms with Crippen molar-refractivity contribution in [1.29, 1.82) is 0 Å². The molecule has 0 saturated carbocycles. The molecule has 1 saturated heterocycles. The third kappa shape index (κ3) is 6.29. The minimum absolute atomic E-state index is 0.114. The van der Waals surface area contributed by atoms with E-state index in [1.165, 1.54) is 4.31 Å². The summed E-state index contributed by atoms with van der Waals surface area (Å²) in [6.07, 6.45) is 0.892. The van der Waals surface area contributed by atoms with E-state index in [-0.39, 0.29) is 17.6 Å². The standard InChI is InChI=1S/C22H25ClN2O5S/c1-2-30-22(27)18-6-8-20(9-7-18)24-21(26)17-10-12-25(13-11-17)31(28,29)15-16-4-3-5-19(23)14-16/h3-9,14,17H,2,10-13,15H2,1H3,(H,24,26). The average Bonchev–Trinajstić information content (AvgIpc) is 2.74. The van der Waals surface area contributed by atoms with Crippen LogP contribution in [0, 0.1) is 5.92 Å². The van der Waals surface area contributed by atoms with Crippen molar-refractivity contribution in [3.8, 4) is 0 Å². The first-order chi connectivity index (χ1) is 14.8. The Morgan fingerprint density at radius 2 is 1.81 bits per heavy atom. The Hall–Kier alpha value is -2.42. The van der Waals surface area contributed by atoms with Crippen molar-refractivity contribution >= 4 is 39.2 Å². The van der Waals surface area contributed by atoms with Crippen LogP contribution in [0.1, 0.15) is 35.7 Å². The van der Waals surface area contributed by atoms with E-state index in [9.17, 15) is 18.0 Å². The zero-order chi connectivity index (χ0) is 22.4. The molecule has 1 aliphatic rings. The van der Waals surface area contributed by atoms with Crippen LogP contribution in [0.4, 0.5) is 5.69 Å². The first-order valence-electron chi connectivity index (χ1n) is 10.1. The Morgan fingerprint density at radius 1 is 1.13 bits per heavy atom. The molecule has 166 valence electrons. The Morgan fingerprint density at radius 3 is 2.42 bits per heavy atom. The second-order valence-electron chi connectivity index (χ2n) is 7.35. The number of hydrogen-bond acceptors (Lipinski definition) is 5. The third-order valence-electron chi connectivity index (χ3n) is 5.12. The van der Waals surface area contributed by atoms with Crippen molar-refractivity contribution in [2.45, 2.75) is 25.5 Å². The highest BCUT2D eigenvalue weighted by Crippen LogP contribution is 2.24. The molecule has 1 aliphatic heterocycles. The molecule has 1 fully saturated rings. The maximum absolute atomic E-state index is 12.7. The molecule has 0 atom stereocenters. The smallest absolute Gasteiger partial charge is 0.338 e. The Labute approximate surface area is 187 Å². The van der Waals surface area contributed by atoms with Crippen LogP contribution >= 0.6 is 11.6 Å². The number of sulfonamides is 1. The summed E-state index contributed by atoms with van der Waals surface area (Å²) < 4.78 is 31.8. The van der Waals surface area contributed by atoms with Crippen molar-refractivity contribution < 1.29 is 22.7 Å². The molecule has 2 aromatic rings. The second kappa shape index (κ2) is 10.3. The van der Waals surface area contributed by atoms with Gasteiger partial charge in [0.1, 0.15) is 0 Å². The number of piperidine rings is 1. The van der Waals surface area contributed by atoms with E-state index in [1.54, 1.807) is 55.5 Å². The van der Waals surface area contributed by atoms with Crippen LogP contribution in [0.2, 0.25) is 5.02 Å². The quantitative estimate of drug-likeness (QED) is 0.631. The average molecular weight is 465 g/mol. The number of halogens is 1. The van der Waals surface area contributed by atoms with Gasteiger partial charge in [-0.25, -0.2) is 17.5 Å². The number of esters is 1. The predicted molar refractivity (Wildman–Crippen MR) is 119 cm³/mol. The summed E-state index contributed by atoms with van der Waals surface area (Å²) in [5.74, 6) is -0.957. The molecule has 7 nitrogen and oxygen atoms in total. The lowest BCUT2D eigenvalue weighted by Gasteiger charge is -2.30. The van der Waals surface area contributed by atoms with Crippen LogP contribution < -0.4 is 5.32 Å². The minimum Gasteiger partial charge on any atom is -0.462 e. The van der Waals surface area contributed by atoms with Gasteiger partial charge in [-0.2, -0.15) is 0 Å². The fourth-order valence-electron chi connectivity index (χ4n) is 3.47. The zero-order valence-electron chi connectivity index (χ0n) is 17.2. The molecule has 1 amide bonds. The normalized spacial score (nSPS) is 15.4. The van der Waals surface area contributed by atoms with Crippen molar-refractivity contribution in [3.63, 3.8) is 0 Å². The number of rotatable bonds is 7. The number of nitrogens with zero attached hydrogens (tertiary/aromatic N) is 1. The maximum Gasteiger partial charge on any atom is 0.338 e. The van der Waals surface area contributed by atoms with E-state index in [4.69, 9.17) is 16.3 Å². The molecule has 0 aromatic heterocycles. The van der Waals surface area contributed by atoms with Crippen molar-refractivity contribution in [2.75, 3.05) is 25.0 Å². The summed E-state index contributed by atoms with van der Waals surface area (Å²) in [6.45, 7) is 2.62. The highest BCUT2D eigenvalue weighted by molar-refractivity contribution is 7.88. The fourth-order valence-corrected chi connectivity index (χ4v) is 5.24. The van der Waals surface area contributed by atoms with Crippen LogP contribution in [0.3, 0.4) is 0 Å². The number of carbonyl (C=O) groups is 2. The van der Waals surface area contributed by atoms with Gasteiger partial charge in [0, 0.05) is 29.7 Å². The zero-order valence-corrected chi connectivity index (χ0v) is 18.8. The van der Waals surface area contributed by atoms with E-state index in [0.717, 1.165) is 0 Å². The summed E-state index contributed by atoms with van der Waals surface area (Å²) in [4.78, 5) is 24.3. The van der Waals surface area contributed by atoms with Crippen LogP contribution in [-0.4, -0.2) is 44.3 Å². The summed E-state index contributed by atoms with van der Waals surface area (Å²) in [6, 6.07) is 13.3. The van der Waals surface area contributed by atoms with Crippen molar-refractivity contribution in [2.24, 2.45) is 5.92 Å². The van der Waals surface area contributed by atoms with Gasteiger partial charge in [-0.15, -0.1) is 0 Å². The van der Waals surface area contributed by atoms with Crippen molar-refractivity contribution in [3.05, 3.63) is 64.7 Å². The molecule has 9 heteroatoms. The number of carbonyl (C=O) groups excluding carboxylic acids is 2. The summed E-state index contributed by atoms with van der Waals surface area (Å²) in [7, 11) is -3.48. The van der Waals surface area contributed by atoms with Gasteiger partial charge in [0.2, 0.25) is 15.9 Å². The summed E-state index contributed by atoms with van der Waals surface area (Å²) in [5, 5.41) is 3.33. The number of amides is 1. The SMILES string of the molecule is CCOC(=O)c1ccc(NC(=O)C2CCN(S(=O)(=O)Cc3cccc(Cl)c3)CC2)cc1. The number of hydrogen-bond donors (Lipinski definition) is 1. The highest BCUT2D eigenvalue weighted by Gasteiger charge is 2.31. The number of nitrogens with one attached hydrogen (secondary N) is 1. The molecule has 1 N–H and O–H groups in total. The number of benzene rings is 2. The highest BCUT2D eigenvalue weighted by atomic mass is 35.5. The molecule has 3 rings (SSSR count). The number of anilines is 1. The van der Waals surface area contributed by atoms with Gasteiger partial charge in [0.15, 0.2) is 0 Å². The molecule has 2 aromatic carbocycles. The van der Waals surface area contributed by atoms with E-state index in [1.807, 2.05) is 0 Å². The van der Waals surface area contributed by atoms with Gasteiger partial charge in [0.25, 0.3) is 0 Å². The van der Waals surface area contributed by atoms with Crippen LogP contribution in [0.15, 0.2) is 48.5 Å². The van der Waals surface area contributed by atoms with Crippen LogP contribution in [0.5, 0.6) is 0 Å². The van der Waals surface area contributed by atoms with Gasteiger partial charge in [-0.1, -0.05) is 23.7 Å². The Bertz CT molecular complexity index is 1030. The third-order valence-corrected chi connectivity index (χ3v) is 7.20. The van der Waals surface area contributed by atoms with Gasteiger partial charge >= 0.3 is 5.97 Å². The lowest BCUT2D eigenvalue weighted by Crippen LogP contribution is -2.41. The molecular formula is C22H25ClN2O5S. The largest absolute Gasteiger partial charge is 0.462 e. The lowest BCUT2D eigenvalue weighted by atomic mass is 9.97. The van der Waals surface area contributed by atoms with Gasteiger partial charge in [-0.3, -0.25) is 4.79 Å². The maximum atomic E-state index is 12.7. The van der Waals surface area contributed by atoms with Gasteiger partial charge in [0.05, 0.1) is 17.9 Å². The summed E-state index contributed by atoms with van der Waals surface area (Å²) in [5.41, 5.74) is 1.63. The Balaban J connectivity index is 1.53. The van der Waals surface area contributed by atoms with E-state index in [2.05, 4.69) is 5.32 Å². The predicted octanol–water partition coefficient (Wildman–Crippen LogP) is 3.70. The molecule has 31 heavy (non-hydrogen) atoms. The molecule has 0 unspecified atom stereocenters. The van der Waals surface area contributed by atoms with Gasteiger partial charge < -0.3 is 10.1 Å². The molecule has 1 heterocycles.